The SMILES string of the molecule is Cn1ccnc1C(=O)c1cc(F)ccc1Cl. The summed E-state index contributed by atoms with van der Waals surface area (Å²) in [4.78, 5) is 15.9. The summed E-state index contributed by atoms with van der Waals surface area (Å²) in [5.41, 5.74) is 0.121. The number of carbonyl (C=O) groups is 1. The highest BCUT2D eigenvalue weighted by atomic mass is 35.5. The number of hydrogen-bond acceptors (Lipinski definition) is 2. The molecule has 1 aromatic carbocycles. The van der Waals surface area contributed by atoms with Crippen LogP contribution in [0.15, 0.2) is 30.6 Å². The lowest BCUT2D eigenvalue weighted by Gasteiger charge is -2.03. The molecule has 0 aliphatic rings. The molecular weight excluding hydrogens is 231 g/mol. The van der Waals surface area contributed by atoms with Gasteiger partial charge in [0.1, 0.15) is 5.82 Å². The summed E-state index contributed by atoms with van der Waals surface area (Å²) in [5, 5.41) is 0.217. The lowest BCUT2D eigenvalue weighted by molar-refractivity contribution is 0.102. The minimum absolute atomic E-state index is 0.121. The van der Waals surface area contributed by atoms with E-state index in [9.17, 15) is 9.18 Å². The molecule has 82 valence electrons. The lowest BCUT2D eigenvalue weighted by Crippen LogP contribution is -2.09. The van der Waals surface area contributed by atoms with Gasteiger partial charge in [-0.25, -0.2) is 9.37 Å². The van der Waals surface area contributed by atoms with Gasteiger partial charge in [0.05, 0.1) is 5.02 Å². The zero-order valence-electron chi connectivity index (χ0n) is 8.45. The maximum absolute atomic E-state index is 13.0. The van der Waals surface area contributed by atoms with E-state index in [1.807, 2.05) is 0 Å². The molecule has 0 saturated carbocycles. The molecule has 3 nitrogen and oxygen atoms in total. The average molecular weight is 239 g/mol. The van der Waals surface area contributed by atoms with Crippen LogP contribution in [0.1, 0.15) is 16.2 Å². The molecule has 0 atom stereocenters. The van der Waals surface area contributed by atoms with E-state index in [1.165, 1.54) is 18.3 Å². The number of ketones is 1. The molecule has 0 unspecified atom stereocenters. The van der Waals surface area contributed by atoms with Gasteiger partial charge in [0, 0.05) is 25.0 Å². The first-order valence-electron chi connectivity index (χ1n) is 4.56. The zero-order valence-corrected chi connectivity index (χ0v) is 9.20. The quantitative estimate of drug-likeness (QED) is 0.754. The number of imidazole rings is 1. The van der Waals surface area contributed by atoms with E-state index in [0.29, 0.717) is 0 Å². The van der Waals surface area contributed by atoms with Gasteiger partial charge < -0.3 is 4.57 Å². The highest BCUT2D eigenvalue weighted by Crippen LogP contribution is 2.19. The number of benzene rings is 1. The van der Waals surface area contributed by atoms with Crippen LogP contribution in [-0.2, 0) is 7.05 Å². The third-order valence-electron chi connectivity index (χ3n) is 2.20. The summed E-state index contributed by atoms with van der Waals surface area (Å²) in [7, 11) is 1.69. The number of carbonyl (C=O) groups excluding carboxylic acids is 1. The normalized spacial score (nSPS) is 10.4. The second kappa shape index (κ2) is 4.06. The summed E-state index contributed by atoms with van der Waals surface area (Å²) in [6, 6.07) is 3.67. The predicted octanol–water partition coefficient (Wildman–Crippen LogP) is 2.44. The summed E-state index contributed by atoms with van der Waals surface area (Å²) in [6.07, 6.45) is 3.14. The molecular formula is C11H8ClFN2O. The summed E-state index contributed by atoms with van der Waals surface area (Å²) >= 11 is 5.84. The molecule has 1 aromatic heterocycles. The molecule has 16 heavy (non-hydrogen) atoms. The molecule has 2 aromatic rings. The van der Waals surface area contributed by atoms with E-state index in [2.05, 4.69) is 4.98 Å². The van der Waals surface area contributed by atoms with E-state index in [-0.39, 0.29) is 16.4 Å². The van der Waals surface area contributed by atoms with Gasteiger partial charge in [-0.2, -0.15) is 0 Å². The minimum atomic E-state index is -0.498. The molecule has 0 radical (unpaired) electrons. The van der Waals surface area contributed by atoms with Crippen LogP contribution in [0.4, 0.5) is 4.39 Å². The van der Waals surface area contributed by atoms with Crippen LogP contribution in [0.5, 0.6) is 0 Å². The van der Waals surface area contributed by atoms with Crippen molar-refractivity contribution in [2.24, 2.45) is 7.05 Å². The Morgan fingerprint density at radius 2 is 2.25 bits per heavy atom. The van der Waals surface area contributed by atoms with Gasteiger partial charge in [0.25, 0.3) is 0 Å². The molecule has 1 heterocycles. The van der Waals surface area contributed by atoms with Crippen molar-refractivity contribution in [2.75, 3.05) is 0 Å². The smallest absolute Gasteiger partial charge is 0.230 e. The number of nitrogens with zero attached hydrogens (tertiary/aromatic N) is 2. The first kappa shape index (κ1) is 10.8. The number of aryl methyl sites for hydroxylation is 1. The van der Waals surface area contributed by atoms with Gasteiger partial charge in [0.2, 0.25) is 5.78 Å². The van der Waals surface area contributed by atoms with E-state index in [1.54, 1.807) is 17.8 Å². The number of rotatable bonds is 2. The summed E-state index contributed by atoms with van der Waals surface area (Å²) < 4.78 is 14.6. The Hall–Kier alpha value is -1.68. The molecule has 0 bridgehead atoms. The number of halogens is 2. The monoisotopic (exact) mass is 238 g/mol. The van der Waals surface area contributed by atoms with Crippen molar-refractivity contribution in [1.82, 2.24) is 9.55 Å². The van der Waals surface area contributed by atoms with Crippen molar-refractivity contribution in [3.63, 3.8) is 0 Å². The van der Waals surface area contributed by atoms with Gasteiger partial charge >= 0.3 is 0 Å². The molecule has 0 spiro atoms. The molecule has 0 N–H and O–H groups in total. The lowest BCUT2D eigenvalue weighted by atomic mass is 10.1. The topological polar surface area (TPSA) is 34.9 Å². The van der Waals surface area contributed by atoms with Gasteiger partial charge in [-0.05, 0) is 18.2 Å². The van der Waals surface area contributed by atoms with Gasteiger partial charge in [0.15, 0.2) is 5.82 Å². The van der Waals surface area contributed by atoms with Gasteiger partial charge in [-0.15, -0.1) is 0 Å². The van der Waals surface area contributed by atoms with E-state index in [4.69, 9.17) is 11.6 Å². The van der Waals surface area contributed by atoms with Crippen molar-refractivity contribution in [3.05, 3.63) is 52.8 Å². The first-order valence-corrected chi connectivity index (χ1v) is 4.94. The third-order valence-corrected chi connectivity index (χ3v) is 2.53. The molecule has 0 fully saturated rings. The highest BCUT2D eigenvalue weighted by Gasteiger charge is 2.17. The molecule has 0 saturated heterocycles. The Bertz CT molecular complexity index is 551. The van der Waals surface area contributed by atoms with Crippen LogP contribution in [0.2, 0.25) is 5.02 Å². The Kier molecular flexibility index (Phi) is 2.75. The summed E-state index contributed by atoms with van der Waals surface area (Å²) in [6.45, 7) is 0. The van der Waals surface area contributed by atoms with Crippen LogP contribution in [0, 0.1) is 5.82 Å². The maximum atomic E-state index is 13.0. The molecule has 5 heteroatoms. The Morgan fingerprint density at radius 1 is 1.50 bits per heavy atom. The van der Waals surface area contributed by atoms with Crippen molar-refractivity contribution in [2.45, 2.75) is 0 Å². The standard InChI is InChI=1S/C11H8ClFN2O/c1-15-5-4-14-11(15)10(16)8-6-7(13)2-3-9(8)12/h2-6H,1H3. The van der Waals surface area contributed by atoms with Crippen molar-refractivity contribution in [1.29, 1.82) is 0 Å². The van der Waals surface area contributed by atoms with E-state index >= 15 is 0 Å². The molecule has 2 rings (SSSR count). The van der Waals surface area contributed by atoms with Crippen molar-refractivity contribution in [3.8, 4) is 0 Å². The van der Waals surface area contributed by atoms with Crippen LogP contribution >= 0.6 is 11.6 Å². The van der Waals surface area contributed by atoms with Gasteiger partial charge in [-0.3, -0.25) is 4.79 Å². The second-order valence-corrected chi connectivity index (χ2v) is 3.72. The fourth-order valence-electron chi connectivity index (χ4n) is 1.38. The fraction of sp³-hybridized carbons (Fsp3) is 0.0909. The van der Waals surface area contributed by atoms with Crippen molar-refractivity contribution >= 4 is 17.4 Å². The Labute approximate surface area is 96.5 Å². The van der Waals surface area contributed by atoms with Crippen LogP contribution in [0.25, 0.3) is 0 Å². The van der Waals surface area contributed by atoms with Crippen LogP contribution in [0.3, 0.4) is 0 Å². The fourth-order valence-corrected chi connectivity index (χ4v) is 1.58. The zero-order chi connectivity index (χ0) is 11.7. The summed E-state index contributed by atoms with van der Waals surface area (Å²) in [5.74, 6) is -0.661. The Balaban J connectivity index is 2.49. The average Bonchev–Trinajstić information content (AvgIpc) is 2.67. The number of aromatic nitrogens is 2. The van der Waals surface area contributed by atoms with E-state index < -0.39 is 11.6 Å². The predicted molar refractivity (Wildman–Crippen MR) is 58.1 cm³/mol. The first-order chi connectivity index (χ1) is 7.59. The highest BCUT2D eigenvalue weighted by molar-refractivity contribution is 6.34. The third kappa shape index (κ3) is 1.84. The number of hydrogen-bond donors (Lipinski definition) is 0. The van der Waals surface area contributed by atoms with Crippen LogP contribution < -0.4 is 0 Å². The van der Waals surface area contributed by atoms with Crippen molar-refractivity contribution < 1.29 is 9.18 Å². The minimum Gasteiger partial charge on any atom is -0.331 e. The molecule has 0 aliphatic carbocycles. The molecule has 0 aliphatic heterocycles. The van der Waals surface area contributed by atoms with E-state index in [0.717, 1.165) is 6.07 Å². The van der Waals surface area contributed by atoms with Crippen LogP contribution in [-0.4, -0.2) is 15.3 Å². The second-order valence-electron chi connectivity index (χ2n) is 3.32. The van der Waals surface area contributed by atoms with Gasteiger partial charge in [-0.1, -0.05) is 11.6 Å². The Morgan fingerprint density at radius 3 is 2.88 bits per heavy atom. The maximum Gasteiger partial charge on any atom is 0.230 e. The molecule has 0 amide bonds. The largest absolute Gasteiger partial charge is 0.331 e.